The van der Waals surface area contributed by atoms with Gasteiger partial charge < -0.3 is 9.64 Å². The lowest BCUT2D eigenvalue weighted by molar-refractivity contribution is 0.180. The Morgan fingerprint density at radius 1 is 1.36 bits per heavy atom. The van der Waals surface area contributed by atoms with Crippen molar-refractivity contribution in [2.75, 3.05) is 31.6 Å². The topological polar surface area (TPSA) is 59.3 Å². The molecular weight excluding hydrogens is 280 g/mol. The second-order valence-corrected chi connectivity index (χ2v) is 5.69. The van der Waals surface area contributed by atoms with Gasteiger partial charge >= 0.3 is 0 Å². The highest BCUT2D eigenvalue weighted by Gasteiger charge is 2.25. The van der Waals surface area contributed by atoms with Crippen LogP contribution in [0.25, 0.3) is 0 Å². The number of aryl methyl sites for hydroxylation is 1. The van der Waals surface area contributed by atoms with Crippen LogP contribution in [0.2, 0.25) is 0 Å². The summed E-state index contributed by atoms with van der Waals surface area (Å²) in [6, 6.07) is 2.20. The highest BCUT2D eigenvalue weighted by atomic mass is 16.5. The average Bonchev–Trinajstić information content (AvgIpc) is 2.94. The van der Waals surface area contributed by atoms with Crippen molar-refractivity contribution in [2.45, 2.75) is 19.5 Å². The van der Waals surface area contributed by atoms with Crippen LogP contribution in [0.4, 0.5) is 5.95 Å². The number of nitrogens with zero attached hydrogens (tertiary/aromatic N) is 6. The molecule has 0 N–H and O–H groups in total. The lowest BCUT2D eigenvalue weighted by atomic mass is 10.1. The van der Waals surface area contributed by atoms with E-state index in [2.05, 4.69) is 38.0 Å². The van der Waals surface area contributed by atoms with E-state index in [-0.39, 0.29) is 0 Å². The van der Waals surface area contributed by atoms with E-state index in [0.29, 0.717) is 11.9 Å². The molecule has 0 aromatic carbocycles. The van der Waals surface area contributed by atoms with Gasteiger partial charge in [0, 0.05) is 63.3 Å². The van der Waals surface area contributed by atoms with Crippen LogP contribution in [-0.2, 0) is 13.6 Å². The maximum atomic E-state index is 5.18. The third-order valence-corrected chi connectivity index (χ3v) is 4.02. The normalized spacial score (nSPS) is 19.4. The first-order chi connectivity index (χ1) is 10.7. The molecule has 1 saturated heterocycles. The molecule has 22 heavy (non-hydrogen) atoms. The molecular formula is C15H22N6O. The third-order valence-electron chi connectivity index (χ3n) is 4.02. The van der Waals surface area contributed by atoms with Gasteiger partial charge in [-0.1, -0.05) is 0 Å². The van der Waals surface area contributed by atoms with E-state index in [0.717, 1.165) is 32.1 Å². The van der Waals surface area contributed by atoms with Gasteiger partial charge in [0.15, 0.2) is 0 Å². The lowest BCUT2D eigenvalue weighted by Gasteiger charge is -2.39. The Morgan fingerprint density at radius 3 is 2.91 bits per heavy atom. The van der Waals surface area contributed by atoms with Gasteiger partial charge in [-0.3, -0.25) is 9.58 Å². The molecule has 0 aliphatic carbocycles. The van der Waals surface area contributed by atoms with E-state index in [9.17, 15) is 0 Å². The minimum absolute atomic E-state index is 0.434. The van der Waals surface area contributed by atoms with Crippen molar-refractivity contribution < 1.29 is 4.74 Å². The summed E-state index contributed by atoms with van der Waals surface area (Å²) in [4.78, 5) is 13.5. The summed E-state index contributed by atoms with van der Waals surface area (Å²) in [7, 11) is 3.57. The highest BCUT2D eigenvalue weighted by molar-refractivity contribution is 5.33. The Bertz CT molecular complexity index is 628. The van der Waals surface area contributed by atoms with E-state index in [1.54, 1.807) is 19.4 Å². The minimum Gasteiger partial charge on any atom is -0.481 e. The van der Waals surface area contributed by atoms with Crippen LogP contribution >= 0.6 is 0 Å². The Balaban J connectivity index is 1.64. The zero-order chi connectivity index (χ0) is 15.5. The maximum absolute atomic E-state index is 5.18. The summed E-state index contributed by atoms with van der Waals surface area (Å²) >= 11 is 0. The molecule has 3 heterocycles. The maximum Gasteiger partial charge on any atom is 0.228 e. The smallest absolute Gasteiger partial charge is 0.228 e. The molecule has 1 fully saturated rings. The Morgan fingerprint density at radius 2 is 2.23 bits per heavy atom. The van der Waals surface area contributed by atoms with Gasteiger partial charge in [0.1, 0.15) is 0 Å². The molecule has 7 nitrogen and oxygen atoms in total. The molecule has 3 rings (SSSR count). The molecule has 1 unspecified atom stereocenters. The van der Waals surface area contributed by atoms with Crippen molar-refractivity contribution in [3.05, 3.63) is 30.2 Å². The van der Waals surface area contributed by atoms with Gasteiger partial charge in [-0.15, -0.1) is 0 Å². The highest BCUT2D eigenvalue weighted by Crippen LogP contribution is 2.18. The number of aromatic nitrogens is 4. The molecule has 0 amide bonds. The first kappa shape index (κ1) is 14.8. The largest absolute Gasteiger partial charge is 0.481 e. The van der Waals surface area contributed by atoms with Crippen molar-refractivity contribution in [3.8, 4) is 5.88 Å². The Kier molecular flexibility index (Phi) is 4.24. The molecule has 1 aliphatic heterocycles. The zero-order valence-electron chi connectivity index (χ0n) is 13.3. The molecule has 118 valence electrons. The predicted molar refractivity (Wildman–Crippen MR) is 83.9 cm³/mol. The van der Waals surface area contributed by atoms with Gasteiger partial charge in [0.25, 0.3) is 0 Å². The van der Waals surface area contributed by atoms with Crippen molar-refractivity contribution in [2.24, 2.45) is 7.05 Å². The van der Waals surface area contributed by atoms with Gasteiger partial charge in [-0.2, -0.15) is 10.1 Å². The van der Waals surface area contributed by atoms with Crippen LogP contribution in [0.3, 0.4) is 0 Å². The summed E-state index contributed by atoms with van der Waals surface area (Å²) < 4.78 is 7.03. The molecule has 2 aromatic heterocycles. The van der Waals surface area contributed by atoms with E-state index >= 15 is 0 Å². The number of hydrogen-bond acceptors (Lipinski definition) is 6. The summed E-state index contributed by atoms with van der Waals surface area (Å²) in [6.45, 7) is 5.98. The standard InChI is InChI=1S/C15H22N6O/c1-12-9-21(15-16-5-4-14(18-15)22-3)7-6-20(12)11-13-8-17-19(2)10-13/h4-5,8,10,12H,6-7,9,11H2,1-3H3. The van der Waals surface area contributed by atoms with Gasteiger partial charge in [0.2, 0.25) is 11.8 Å². The number of methoxy groups -OCH3 is 1. The van der Waals surface area contributed by atoms with Gasteiger partial charge in [0.05, 0.1) is 13.3 Å². The molecule has 7 heteroatoms. The number of ether oxygens (including phenoxy) is 1. The number of rotatable bonds is 4. The van der Waals surface area contributed by atoms with E-state index in [1.165, 1.54) is 5.56 Å². The quantitative estimate of drug-likeness (QED) is 0.837. The van der Waals surface area contributed by atoms with Crippen LogP contribution in [0.1, 0.15) is 12.5 Å². The second-order valence-electron chi connectivity index (χ2n) is 5.69. The van der Waals surface area contributed by atoms with Crippen LogP contribution in [0.15, 0.2) is 24.7 Å². The molecule has 1 atom stereocenters. The first-order valence-corrected chi connectivity index (χ1v) is 7.49. The summed E-state index contributed by atoms with van der Waals surface area (Å²) in [5, 5.41) is 4.23. The number of hydrogen-bond donors (Lipinski definition) is 0. The van der Waals surface area contributed by atoms with Crippen molar-refractivity contribution >= 4 is 5.95 Å². The van der Waals surface area contributed by atoms with Gasteiger partial charge in [-0.25, -0.2) is 4.98 Å². The van der Waals surface area contributed by atoms with Crippen LogP contribution < -0.4 is 9.64 Å². The van der Waals surface area contributed by atoms with E-state index in [4.69, 9.17) is 4.74 Å². The van der Waals surface area contributed by atoms with Crippen molar-refractivity contribution in [3.63, 3.8) is 0 Å². The summed E-state index contributed by atoms with van der Waals surface area (Å²) in [5.74, 6) is 1.35. The Labute approximate surface area is 130 Å². The van der Waals surface area contributed by atoms with E-state index < -0.39 is 0 Å². The fraction of sp³-hybridized carbons (Fsp3) is 0.533. The molecule has 0 spiro atoms. The first-order valence-electron chi connectivity index (χ1n) is 7.49. The van der Waals surface area contributed by atoms with Gasteiger partial charge in [-0.05, 0) is 6.92 Å². The number of piperazine rings is 1. The van der Waals surface area contributed by atoms with Crippen LogP contribution in [0.5, 0.6) is 5.88 Å². The number of anilines is 1. The molecule has 1 aliphatic rings. The zero-order valence-corrected chi connectivity index (χ0v) is 13.3. The van der Waals surface area contributed by atoms with Crippen LogP contribution in [0, 0.1) is 0 Å². The van der Waals surface area contributed by atoms with Crippen molar-refractivity contribution in [1.29, 1.82) is 0 Å². The third kappa shape index (κ3) is 3.19. The average molecular weight is 302 g/mol. The Hall–Kier alpha value is -2.15. The van der Waals surface area contributed by atoms with Crippen molar-refractivity contribution in [1.82, 2.24) is 24.6 Å². The fourth-order valence-corrected chi connectivity index (χ4v) is 2.80. The second kappa shape index (κ2) is 6.31. The monoisotopic (exact) mass is 302 g/mol. The lowest BCUT2D eigenvalue weighted by Crippen LogP contribution is -2.51. The fourth-order valence-electron chi connectivity index (χ4n) is 2.80. The molecule has 2 aromatic rings. The predicted octanol–water partition coefficient (Wildman–Crippen LogP) is 0.929. The van der Waals surface area contributed by atoms with E-state index in [1.807, 2.05) is 17.9 Å². The minimum atomic E-state index is 0.434. The molecule has 0 saturated carbocycles. The summed E-state index contributed by atoms with van der Waals surface area (Å²) in [5.41, 5.74) is 1.25. The molecule has 0 radical (unpaired) electrons. The summed E-state index contributed by atoms with van der Waals surface area (Å²) in [6.07, 6.45) is 5.75. The van der Waals surface area contributed by atoms with Crippen LogP contribution in [-0.4, -0.2) is 57.4 Å². The SMILES string of the molecule is COc1ccnc(N2CCN(Cc3cnn(C)c3)C(C)C2)n1. The molecule has 0 bridgehead atoms.